The second kappa shape index (κ2) is 17.3. The summed E-state index contributed by atoms with van der Waals surface area (Å²) in [5.74, 6) is -0.318. The Bertz CT molecular complexity index is 1030. The van der Waals surface area contributed by atoms with Crippen LogP contribution in [0.2, 0.25) is 18.1 Å². The van der Waals surface area contributed by atoms with E-state index in [1.807, 2.05) is 58.0 Å². The Hall–Kier alpha value is -2.22. The smallest absolute Gasteiger partial charge is 0.311 e. The number of hydrogen-bond donors (Lipinski definition) is 0. The molecule has 0 aromatic heterocycles. The van der Waals surface area contributed by atoms with Crippen molar-refractivity contribution in [1.82, 2.24) is 0 Å². The molecule has 6 nitrogen and oxygen atoms in total. The fourth-order valence-electron chi connectivity index (χ4n) is 5.23. The minimum Gasteiger partial charge on any atom is -0.497 e. The summed E-state index contributed by atoms with van der Waals surface area (Å²) in [4.78, 5) is 26.2. The molecule has 1 rings (SSSR count). The van der Waals surface area contributed by atoms with E-state index in [1.165, 1.54) is 6.08 Å². The van der Waals surface area contributed by atoms with Gasteiger partial charge in [-0.1, -0.05) is 80.2 Å². The summed E-state index contributed by atoms with van der Waals surface area (Å²) in [6, 6.07) is 7.82. The van der Waals surface area contributed by atoms with E-state index in [0.717, 1.165) is 11.3 Å². The fraction of sp³-hybridized carbons (Fsp3) is 0.667. The van der Waals surface area contributed by atoms with Crippen molar-refractivity contribution in [1.29, 1.82) is 0 Å². The van der Waals surface area contributed by atoms with E-state index in [-0.39, 0.29) is 52.7 Å². The molecule has 7 heteroatoms. The van der Waals surface area contributed by atoms with Gasteiger partial charge < -0.3 is 18.6 Å². The maximum atomic E-state index is 13.7. The molecule has 0 bridgehead atoms. The molecular formula is C36H60O6Si. The number of hydrogen-bond acceptors (Lipinski definition) is 6. The Labute approximate surface area is 263 Å². The highest BCUT2D eigenvalue weighted by atomic mass is 28.4. The van der Waals surface area contributed by atoms with Crippen molar-refractivity contribution in [3.63, 3.8) is 0 Å². The van der Waals surface area contributed by atoms with Gasteiger partial charge in [-0.05, 0) is 67.6 Å². The second-order valence-corrected chi connectivity index (χ2v) is 18.6. The summed E-state index contributed by atoms with van der Waals surface area (Å²) in [6.45, 7) is 31.1. The standard InChI is InChI=1S/C36H60O6Si/c1-15-24(4)32(17-3)41-35(38)28(8)34(42-43(13,14)36(9,10)11)27(7)33(26(6)22-25(5)31(37)16-2)40-23-29-18-20-30(39-12)21-19-29/h15-16,18-21,24-28,32-34H,1-2,17,22-23H2,3-14H3/t24-,25-,26+,27-,28-,32-,33+,34+/m1/s1. The summed E-state index contributed by atoms with van der Waals surface area (Å²) in [5, 5.41) is -0.0616. The highest BCUT2D eigenvalue weighted by Crippen LogP contribution is 2.41. The molecule has 8 atom stereocenters. The van der Waals surface area contributed by atoms with E-state index >= 15 is 0 Å². The van der Waals surface area contributed by atoms with Crippen molar-refractivity contribution in [2.75, 3.05) is 7.11 Å². The zero-order valence-corrected chi connectivity index (χ0v) is 30.1. The third kappa shape index (κ3) is 11.3. The van der Waals surface area contributed by atoms with E-state index < -0.39 is 20.3 Å². The molecule has 0 aliphatic heterocycles. The normalized spacial score (nSPS) is 17.9. The molecule has 0 unspecified atom stereocenters. The van der Waals surface area contributed by atoms with Gasteiger partial charge in [0, 0.05) is 17.8 Å². The lowest BCUT2D eigenvalue weighted by Crippen LogP contribution is -2.52. The van der Waals surface area contributed by atoms with Crippen LogP contribution in [-0.2, 0) is 30.1 Å². The van der Waals surface area contributed by atoms with E-state index in [4.69, 9.17) is 18.6 Å². The third-order valence-electron chi connectivity index (χ3n) is 9.34. The van der Waals surface area contributed by atoms with E-state index in [1.54, 1.807) is 7.11 Å². The molecule has 0 saturated carbocycles. The van der Waals surface area contributed by atoms with Gasteiger partial charge in [0.1, 0.15) is 11.9 Å². The predicted molar refractivity (Wildman–Crippen MR) is 180 cm³/mol. The molecule has 1 aromatic rings. The van der Waals surface area contributed by atoms with Crippen LogP contribution in [0.4, 0.5) is 0 Å². The molecule has 43 heavy (non-hydrogen) atoms. The van der Waals surface area contributed by atoms with Crippen LogP contribution < -0.4 is 4.74 Å². The van der Waals surface area contributed by atoms with Gasteiger partial charge in [-0.2, -0.15) is 0 Å². The molecular weight excluding hydrogens is 556 g/mol. The molecule has 0 radical (unpaired) electrons. The topological polar surface area (TPSA) is 71.1 Å². The van der Waals surface area contributed by atoms with Gasteiger partial charge >= 0.3 is 5.97 Å². The monoisotopic (exact) mass is 616 g/mol. The van der Waals surface area contributed by atoms with Gasteiger partial charge in [-0.15, -0.1) is 6.58 Å². The van der Waals surface area contributed by atoms with E-state index in [0.29, 0.717) is 19.4 Å². The summed E-state index contributed by atoms with van der Waals surface area (Å²) >= 11 is 0. The minimum absolute atomic E-state index is 0.00469. The molecule has 0 saturated heterocycles. The van der Waals surface area contributed by atoms with Gasteiger partial charge in [0.05, 0.1) is 31.8 Å². The van der Waals surface area contributed by atoms with Crippen LogP contribution >= 0.6 is 0 Å². The maximum absolute atomic E-state index is 13.7. The first-order valence-corrected chi connectivity index (χ1v) is 18.8. The van der Waals surface area contributed by atoms with Crippen molar-refractivity contribution >= 4 is 20.1 Å². The average Bonchev–Trinajstić information content (AvgIpc) is 2.96. The van der Waals surface area contributed by atoms with Crippen LogP contribution in [-0.4, -0.2) is 45.5 Å². The van der Waals surface area contributed by atoms with Crippen molar-refractivity contribution < 1.29 is 28.2 Å². The van der Waals surface area contributed by atoms with Crippen molar-refractivity contribution in [3.05, 3.63) is 55.1 Å². The SMILES string of the molecule is C=CC(=O)[C@H](C)C[C@H](C)[C@H](OCc1ccc(OC)cc1)[C@@H](C)[C@H](O[Si](C)(C)C(C)(C)C)[C@@H](C)C(=O)O[C@H](CC)[C@H](C)C=C. The van der Waals surface area contributed by atoms with Gasteiger partial charge in [0.25, 0.3) is 0 Å². The lowest BCUT2D eigenvalue weighted by atomic mass is 9.80. The number of ketones is 1. The minimum atomic E-state index is -2.31. The maximum Gasteiger partial charge on any atom is 0.311 e. The average molecular weight is 617 g/mol. The van der Waals surface area contributed by atoms with Crippen molar-refractivity contribution in [2.45, 2.75) is 118 Å². The van der Waals surface area contributed by atoms with Crippen LogP contribution in [0, 0.1) is 29.6 Å². The molecule has 0 heterocycles. The Morgan fingerprint density at radius 3 is 2.02 bits per heavy atom. The Morgan fingerprint density at radius 2 is 1.56 bits per heavy atom. The van der Waals surface area contributed by atoms with E-state index in [9.17, 15) is 9.59 Å². The second-order valence-electron chi connectivity index (χ2n) is 13.8. The zero-order valence-electron chi connectivity index (χ0n) is 29.1. The van der Waals surface area contributed by atoms with Gasteiger partial charge in [0.2, 0.25) is 0 Å². The number of methoxy groups -OCH3 is 1. The molecule has 0 fully saturated rings. The summed E-state index contributed by atoms with van der Waals surface area (Å²) in [6.07, 6.45) is 3.57. The highest BCUT2D eigenvalue weighted by molar-refractivity contribution is 6.74. The first-order valence-electron chi connectivity index (χ1n) is 15.9. The van der Waals surface area contributed by atoms with Crippen LogP contribution in [0.15, 0.2) is 49.6 Å². The number of ether oxygens (including phenoxy) is 3. The summed E-state index contributed by atoms with van der Waals surface area (Å²) in [5.41, 5.74) is 1.01. The van der Waals surface area contributed by atoms with Gasteiger partial charge in [-0.25, -0.2) is 0 Å². The highest BCUT2D eigenvalue weighted by Gasteiger charge is 2.45. The van der Waals surface area contributed by atoms with Crippen LogP contribution in [0.1, 0.15) is 80.7 Å². The fourth-order valence-corrected chi connectivity index (χ4v) is 6.68. The van der Waals surface area contributed by atoms with Crippen molar-refractivity contribution in [3.8, 4) is 5.75 Å². The molecule has 0 spiro atoms. The Kier molecular flexibility index (Phi) is 15.6. The van der Waals surface area contributed by atoms with Gasteiger partial charge in [0.15, 0.2) is 14.1 Å². The first-order chi connectivity index (χ1) is 19.9. The number of esters is 1. The Morgan fingerprint density at radius 1 is 0.977 bits per heavy atom. The van der Waals surface area contributed by atoms with Crippen LogP contribution in [0.3, 0.4) is 0 Å². The third-order valence-corrected chi connectivity index (χ3v) is 13.8. The lowest BCUT2D eigenvalue weighted by Gasteiger charge is -2.45. The summed E-state index contributed by atoms with van der Waals surface area (Å²) < 4.78 is 25.2. The molecule has 1 aromatic carbocycles. The lowest BCUT2D eigenvalue weighted by molar-refractivity contribution is -0.162. The first kappa shape index (κ1) is 38.8. The largest absolute Gasteiger partial charge is 0.497 e. The zero-order chi connectivity index (χ0) is 33.1. The Balaban J connectivity index is 3.51. The number of rotatable bonds is 19. The number of benzene rings is 1. The quantitative estimate of drug-likeness (QED) is 0.0669. The van der Waals surface area contributed by atoms with Crippen LogP contribution in [0.5, 0.6) is 5.75 Å². The van der Waals surface area contributed by atoms with E-state index in [2.05, 4.69) is 60.9 Å². The molecule has 0 aliphatic carbocycles. The molecule has 0 aliphatic rings. The van der Waals surface area contributed by atoms with Crippen molar-refractivity contribution in [2.24, 2.45) is 29.6 Å². The van der Waals surface area contributed by atoms with Gasteiger partial charge in [-0.3, -0.25) is 9.59 Å². The number of carbonyl (C=O) groups is 2. The number of allylic oxidation sites excluding steroid dienone is 1. The van der Waals surface area contributed by atoms with Crippen LogP contribution in [0.25, 0.3) is 0 Å². The molecule has 244 valence electrons. The predicted octanol–water partition coefficient (Wildman–Crippen LogP) is 8.80. The number of carbonyl (C=O) groups excluding carboxylic acids is 2. The molecule has 0 amide bonds. The molecule has 0 N–H and O–H groups in total. The summed E-state index contributed by atoms with van der Waals surface area (Å²) in [7, 11) is -0.666.